The molecule has 0 unspecified atom stereocenters. The highest BCUT2D eigenvalue weighted by Crippen LogP contribution is 2.33. The van der Waals surface area contributed by atoms with E-state index in [0.717, 1.165) is 16.7 Å². The van der Waals surface area contributed by atoms with Crippen LogP contribution in [0.5, 0.6) is 5.75 Å². The lowest BCUT2D eigenvalue weighted by Gasteiger charge is -2.35. The predicted molar refractivity (Wildman–Crippen MR) is 113 cm³/mol. The van der Waals surface area contributed by atoms with Gasteiger partial charge in [0, 0.05) is 6.54 Å². The van der Waals surface area contributed by atoms with Crippen LogP contribution in [0.15, 0.2) is 46.3 Å². The van der Waals surface area contributed by atoms with Gasteiger partial charge in [-0.15, -0.1) is 0 Å². The Hall–Kier alpha value is -2.80. The molecule has 1 aliphatic heterocycles. The number of benzene rings is 1. The second-order valence-corrected chi connectivity index (χ2v) is 7.66. The summed E-state index contributed by atoms with van der Waals surface area (Å²) in [6.07, 6.45) is 0. The van der Waals surface area contributed by atoms with E-state index in [0.29, 0.717) is 23.6 Å². The van der Waals surface area contributed by atoms with Gasteiger partial charge in [0.1, 0.15) is 12.4 Å². The highest BCUT2D eigenvalue weighted by molar-refractivity contribution is 7.08. The Labute approximate surface area is 175 Å². The molecule has 2 heterocycles. The number of thiophene rings is 1. The summed E-state index contributed by atoms with van der Waals surface area (Å²) in [6.45, 7) is 8.40. The van der Waals surface area contributed by atoms with Crippen molar-refractivity contribution >= 4 is 23.3 Å². The molecule has 2 aromatic rings. The van der Waals surface area contributed by atoms with Crippen LogP contribution in [0.25, 0.3) is 0 Å². The van der Waals surface area contributed by atoms with Crippen LogP contribution < -0.4 is 10.1 Å². The van der Waals surface area contributed by atoms with Crippen LogP contribution in [-0.2, 0) is 9.53 Å². The lowest BCUT2D eigenvalue weighted by atomic mass is 9.96. The number of carbonyl (C=O) groups is 2. The van der Waals surface area contributed by atoms with E-state index in [1.54, 1.807) is 6.92 Å². The average molecular weight is 415 g/mol. The maximum absolute atomic E-state index is 12.9. The molecule has 1 aliphatic rings. The Kier molecular flexibility index (Phi) is 6.59. The van der Waals surface area contributed by atoms with E-state index in [9.17, 15) is 9.59 Å². The van der Waals surface area contributed by atoms with Crippen molar-refractivity contribution in [2.75, 3.05) is 19.8 Å². The Morgan fingerprint density at radius 1 is 1.21 bits per heavy atom. The summed E-state index contributed by atoms with van der Waals surface area (Å²) in [7, 11) is 0. The number of hydrogen-bond acceptors (Lipinski definition) is 5. The molecule has 0 radical (unpaired) electrons. The Morgan fingerprint density at radius 3 is 2.52 bits per heavy atom. The van der Waals surface area contributed by atoms with E-state index >= 15 is 0 Å². The summed E-state index contributed by atoms with van der Waals surface area (Å²) in [6, 6.07) is 7.03. The quantitative estimate of drug-likeness (QED) is 0.684. The topological polar surface area (TPSA) is 67.9 Å². The molecule has 0 spiro atoms. The fourth-order valence-electron chi connectivity index (χ4n) is 3.50. The van der Waals surface area contributed by atoms with Gasteiger partial charge in [0.15, 0.2) is 0 Å². The van der Waals surface area contributed by atoms with E-state index in [1.807, 2.05) is 49.7 Å². The molecule has 1 N–H and O–H groups in total. The van der Waals surface area contributed by atoms with E-state index in [-0.39, 0.29) is 19.2 Å². The number of nitrogens with zero attached hydrogens (tertiary/aromatic N) is 1. The molecular weight excluding hydrogens is 388 g/mol. The van der Waals surface area contributed by atoms with Crippen molar-refractivity contribution in [1.82, 2.24) is 10.2 Å². The third-order valence-corrected chi connectivity index (χ3v) is 5.40. The number of carbonyl (C=O) groups excluding carboxylic acids is 2. The average Bonchev–Trinajstić information content (AvgIpc) is 3.19. The largest absolute Gasteiger partial charge is 0.487 e. The molecular formula is C22H26N2O4S. The lowest BCUT2D eigenvalue weighted by Crippen LogP contribution is -2.49. The maximum atomic E-state index is 12.9. The zero-order chi connectivity index (χ0) is 21.0. The number of esters is 1. The Morgan fingerprint density at radius 2 is 1.93 bits per heavy atom. The van der Waals surface area contributed by atoms with Crippen molar-refractivity contribution in [3.63, 3.8) is 0 Å². The first-order valence-corrected chi connectivity index (χ1v) is 10.6. The van der Waals surface area contributed by atoms with Crippen LogP contribution >= 0.6 is 11.3 Å². The minimum absolute atomic E-state index is 0.0962. The molecule has 0 fully saturated rings. The van der Waals surface area contributed by atoms with Gasteiger partial charge in [0.05, 0.1) is 23.9 Å². The first-order chi connectivity index (χ1) is 13.9. The summed E-state index contributed by atoms with van der Waals surface area (Å²) in [5.74, 6) is 0.258. The first kappa shape index (κ1) is 20.9. The molecule has 0 aliphatic carbocycles. The Bertz CT molecular complexity index is 901. The van der Waals surface area contributed by atoms with Crippen LogP contribution in [0.1, 0.15) is 36.6 Å². The number of ether oxygens (including phenoxy) is 2. The molecule has 154 valence electrons. The van der Waals surface area contributed by atoms with E-state index in [1.165, 1.54) is 16.2 Å². The molecule has 0 saturated carbocycles. The van der Waals surface area contributed by atoms with Crippen LogP contribution in [0.3, 0.4) is 0 Å². The van der Waals surface area contributed by atoms with Crippen LogP contribution in [0, 0.1) is 13.8 Å². The summed E-state index contributed by atoms with van der Waals surface area (Å²) in [4.78, 5) is 27.2. The van der Waals surface area contributed by atoms with E-state index in [2.05, 4.69) is 11.4 Å². The van der Waals surface area contributed by atoms with Gasteiger partial charge in [-0.05, 0) is 73.3 Å². The van der Waals surface area contributed by atoms with Gasteiger partial charge in [-0.1, -0.05) is 6.07 Å². The molecule has 7 heteroatoms. The van der Waals surface area contributed by atoms with Crippen molar-refractivity contribution in [1.29, 1.82) is 0 Å². The Balaban J connectivity index is 2.03. The van der Waals surface area contributed by atoms with Crippen molar-refractivity contribution < 1.29 is 19.1 Å². The van der Waals surface area contributed by atoms with Gasteiger partial charge in [0.2, 0.25) is 0 Å². The van der Waals surface area contributed by atoms with Crippen molar-refractivity contribution in [2.24, 2.45) is 0 Å². The summed E-state index contributed by atoms with van der Waals surface area (Å²) < 4.78 is 11.4. The molecule has 1 atom stereocenters. The summed E-state index contributed by atoms with van der Waals surface area (Å²) in [5.41, 5.74) is 3.97. The molecule has 1 aromatic carbocycles. The third-order valence-electron chi connectivity index (χ3n) is 4.70. The second kappa shape index (κ2) is 9.13. The molecule has 1 aromatic heterocycles. The lowest BCUT2D eigenvalue weighted by molar-refractivity contribution is -0.139. The van der Waals surface area contributed by atoms with E-state index in [4.69, 9.17) is 9.47 Å². The molecule has 0 bridgehead atoms. The third kappa shape index (κ3) is 4.62. The maximum Gasteiger partial charge on any atom is 0.338 e. The number of urea groups is 1. The normalized spacial score (nSPS) is 16.6. The van der Waals surface area contributed by atoms with Gasteiger partial charge in [0.25, 0.3) is 0 Å². The van der Waals surface area contributed by atoms with Crippen molar-refractivity contribution in [2.45, 2.75) is 33.7 Å². The highest BCUT2D eigenvalue weighted by Gasteiger charge is 2.38. The van der Waals surface area contributed by atoms with Gasteiger partial charge in [-0.2, -0.15) is 11.3 Å². The van der Waals surface area contributed by atoms with Gasteiger partial charge < -0.3 is 14.8 Å². The molecule has 3 rings (SSSR count). The summed E-state index contributed by atoms with van der Waals surface area (Å²) in [5, 5.41) is 6.78. The van der Waals surface area contributed by atoms with Crippen LogP contribution in [0.4, 0.5) is 4.79 Å². The predicted octanol–water partition coefficient (Wildman–Crippen LogP) is 4.35. The van der Waals surface area contributed by atoms with Gasteiger partial charge in [-0.3, -0.25) is 4.90 Å². The smallest absolute Gasteiger partial charge is 0.338 e. The molecule has 29 heavy (non-hydrogen) atoms. The molecule has 2 amide bonds. The number of hydrogen-bond donors (Lipinski definition) is 1. The molecule has 6 nitrogen and oxygen atoms in total. The zero-order valence-electron chi connectivity index (χ0n) is 17.2. The number of nitrogens with one attached hydrogen (secondary N) is 1. The number of amides is 2. The number of likely N-dealkylation sites (N-methyl/N-ethyl adjacent to an activating group) is 1. The fraction of sp³-hybridized carbons (Fsp3) is 0.364. The first-order valence-electron chi connectivity index (χ1n) is 9.66. The second-order valence-electron chi connectivity index (χ2n) is 6.88. The molecule has 0 saturated heterocycles. The van der Waals surface area contributed by atoms with Crippen LogP contribution in [-0.4, -0.2) is 36.7 Å². The number of rotatable bonds is 7. The van der Waals surface area contributed by atoms with Gasteiger partial charge in [-0.25, -0.2) is 9.59 Å². The van der Waals surface area contributed by atoms with E-state index < -0.39 is 12.0 Å². The summed E-state index contributed by atoms with van der Waals surface area (Å²) >= 11 is 1.51. The highest BCUT2D eigenvalue weighted by atomic mass is 32.1. The number of aryl methyl sites for hydroxylation is 2. The van der Waals surface area contributed by atoms with Crippen LogP contribution in [0.2, 0.25) is 0 Å². The monoisotopic (exact) mass is 414 g/mol. The standard InChI is InChI=1S/C22H26N2O4S/c1-5-24-18(12-28-17-10-14(3)9-15(4)11-17)19(21(25)27-6-2)20(23-22(24)26)16-7-8-29-13-16/h7-11,13,20H,5-6,12H2,1-4H3,(H,23,26)/t20-/m1/s1. The van der Waals surface area contributed by atoms with Crippen molar-refractivity contribution in [3.05, 3.63) is 63.0 Å². The minimum atomic E-state index is -0.562. The van der Waals surface area contributed by atoms with Crippen molar-refractivity contribution in [3.8, 4) is 5.75 Å². The fourth-order valence-corrected chi connectivity index (χ4v) is 4.19. The van der Waals surface area contributed by atoms with Gasteiger partial charge >= 0.3 is 12.0 Å². The minimum Gasteiger partial charge on any atom is -0.487 e. The zero-order valence-corrected chi connectivity index (χ0v) is 18.0. The SMILES string of the molecule is CCOC(=O)C1=C(COc2cc(C)cc(C)c2)N(CC)C(=O)N[C@@H]1c1ccsc1.